The minimum absolute atomic E-state index is 0.464. The van der Waals surface area contributed by atoms with Gasteiger partial charge >= 0.3 is 0 Å². The lowest BCUT2D eigenvalue weighted by molar-refractivity contribution is -0.347. The molecule has 0 aliphatic rings. The Kier molecular flexibility index (Phi) is 13.8. The second kappa shape index (κ2) is 13.8. The van der Waals surface area contributed by atoms with Gasteiger partial charge in [-0.05, 0) is 13.3 Å². The summed E-state index contributed by atoms with van der Waals surface area (Å²) in [4.78, 5) is 0. The zero-order valence-corrected chi connectivity index (χ0v) is 14.0. The topological polar surface area (TPSA) is 38.7 Å². The maximum Gasteiger partial charge on any atom is 0.277 e. The summed E-state index contributed by atoms with van der Waals surface area (Å²) in [5.74, 6) is -1.41. The summed E-state index contributed by atoms with van der Waals surface area (Å²) in [5.41, 5.74) is 0. The lowest BCUT2D eigenvalue weighted by atomic mass is 10.1. The Balaban J connectivity index is 3.13. The molecule has 3 nitrogen and oxygen atoms in total. The SMILES string of the molecule is CCCCCCCCCCCCCOC(C)(O)OCC. The largest absolute Gasteiger partial charge is 0.344 e. The third-order valence-corrected chi connectivity index (χ3v) is 3.53. The zero-order chi connectivity index (χ0) is 15.1. The number of rotatable bonds is 15. The van der Waals surface area contributed by atoms with E-state index in [0.29, 0.717) is 13.2 Å². The molecule has 20 heavy (non-hydrogen) atoms. The van der Waals surface area contributed by atoms with Gasteiger partial charge in [-0.3, -0.25) is 0 Å². The average molecular weight is 288 g/mol. The molecule has 1 N–H and O–H groups in total. The Labute approximate surface area is 126 Å². The van der Waals surface area contributed by atoms with E-state index in [1.54, 1.807) is 6.92 Å². The van der Waals surface area contributed by atoms with E-state index >= 15 is 0 Å². The average Bonchev–Trinajstić information content (AvgIpc) is 2.40. The molecule has 0 aliphatic carbocycles. The van der Waals surface area contributed by atoms with Crippen molar-refractivity contribution >= 4 is 0 Å². The first-order valence-corrected chi connectivity index (χ1v) is 8.62. The minimum Gasteiger partial charge on any atom is -0.344 e. The Morgan fingerprint density at radius 1 is 0.700 bits per heavy atom. The van der Waals surface area contributed by atoms with Crippen LogP contribution in [0.5, 0.6) is 0 Å². The molecule has 0 aliphatic heterocycles. The number of hydrogen-bond donors (Lipinski definition) is 1. The fourth-order valence-electron chi connectivity index (χ4n) is 2.34. The molecule has 0 amide bonds. The monoisotopic (exact) mass is 288 g/mol. The van der Waals surface area contributed by atoms with E-state index in [-0.39, 0.29) is 0 Å². The molecule has 0 fully saturated rings. The van der Waals surface area contributed by atoms with Crippen LogP contribution < -0.4 is 0 Å². The van der Waals surface area contributed by atoms with Crippen molar-refractivity contribution < 1.29 is 14.6 Å². The normalized spacial score (nSPS) is 14.4. The van der Waals surface area contributed by atoms with Gasteiger partial charge in [0.1, 0.15) is 0 Å². The number of aliphatic hydroxyl groups is 1. The predicted molar refractivity (Wildman–Crippen MR) is 84.7 cm³/mol. The Bertz CT molecular complexity index is 193. The van der Waals surface area contributed by atoms with Crippen LogP contribution in [0.3, 0.4) is 0 Å². The van der Waals surface area contributed by atoms with Crippen molar-refractivity contribution in [3.05, 3.63) is 0 Å². The Morgan fingerprint density at radius 3 is 1.60 bits per heavy atom. The second-order valence-electron chi connectivity index (χ2n) is 5.71. The van der Waals surface area contributed by atoms with Gasteiger partial charge in [-0.25, -0.2) is 0 Å². The highest BCUT2D eigenvalue weighted by Gasteiger charge is 2.19. The predicted octanol–water partition coefficient (Wildman–Crippen LogP) is 5.02. The van der Waals surface area contributed by atoms with E-state index in [4.69, 9.17) is 9.47 Å². The van der Waals surface area contributed by atoms with Crippen LogP contribution in [0.2, 0.25) is 0 Å². The lowest BCUT2D eigenvalue weighted by Crippen LogP contribution is -2.32. The quantitative estimate of drug-likeness (QED) is 0.340. The number of hydrogen-bond acceptors (Lipinski definition) is 3. The van der Waals surface area contributed by atoms with Gasteiger partial charge in [0.2, 0.25) is 0 Å². The van der Waals surface area contributed by atoms with Crippen LogP contribution in [-0.2, 0) is 9.47 Å². The summed E-state index contributed by atoms with van der Waals surface area (Å²) in [6, 6.07) is 0. The first-order chi connectivity index (χ1) is 9.62. The first kappa shape index (κ1) is 19.9. The summed E-state index contributed by atoms with van der Waals surface area (Å²) >= 11 is 0. The Morgan fingerprint density at radius 2 is 1.15 bits per heavy atom. The van der Waals surface area contributed by atoms with Crippen LogP contribution in [0.15, 0.2) is 0 Å². The molecule has 0 saturated carbocycles. The molecule has 0 bridgehead atoms. The van der Waals surface area contributed by atoms with Crippen LogP contribution in [0.25, 0.3) is 0 Å². The van der Waals surface area contributed by atoms with Gasteiger partial charge in [0, 0.05) is 13.5 Å². The van der Waals surface area contributed by atoms with Gasteiger partial charge < -0.3 is 14.6 Å². The van der Waals surface area contributed by atoms with Gasteiger partial charge in [-0.15, -0.1) is 0 Å². The van der Waals surface area contributed by atoms with Crippen molar-refractivity contribution in [2.45, 2.75) is 97.4 Å². The molecular weight excluding hydrogens is 252 g/mol. The molecule has 0 heterocycles. The molecule has 0 aromatic carbocycles. The molecule has 0 aromatic rings. The van der Waals surface area contributed by atoms with Crippen LogP contribution in [0.1, 0.15) is 91.4 Å². The third-order valence-electron chi connectivity index (χ3n) is 3.53. The van der Waals surface area contributed by atoms with Crippen LogP contribution in [0, 0.1) is 0 Å². The van der Waals surface area contributed by atoms with Crippen molar-refractivity contribution in [1.82, 2.24) is 0 Å². The molecule has 0 rings (SSSR count). The van der Waals surface area contributed by atoms with Gasteiger partial charge in [-0.1, -0.05) is 71.1 Å². The highest BCUT2D eigenvalue weighted by molar-refractivity contribution is 4.49. The maximum absolute atomic E-state index is 9.63. The van der Waals surface area contributed by atoms with E-state index < -0.39 is 5.97 Å². The van der Waals surface area contributed by atoms with Crippen molar-refractivity contribution in [1.29, 1.82) is 0 Å². The number of ether oxygens (including phenoxy) is 2. The molecule has 0 aromatic heterocycles. The standard InChI is InChI=1S/C17H36O3/c1-4-6-7-8-9-10-11-12-13-14-15-16-20-17(3,18)19-5-2/h18H,4-16H2,1-3H3. The molecule has 1 unspecified atom stereocenters. The minimum atomic E-state index is -1.41. The zero-order valence-electron chi connectivity index (χ0n) is 14.0. The fraction of sp³-hybridized carbons (Fsp3) is 1.00. The molecule has 0 radical (unpaired) electrons. The van der Waals surface area contributed by atoms with E-state index in [9.17, 15) is 5.11 Å². The smallest absolute Gasteiger partial charge is 0.277 e. The highest BCUT2D eigenvalue weighted by atomic mass is 16.8. The van der Waals surface area contributed by atoms with Crippen molar-refractivity contribution in [3.8, 4) is 0 Å². The van der Waals surface area contributed by atoms with Gasteiger partial charge in [0.05, 0.1) is 6.61 Å². The van der Waals surface area contributed by atoms with E-state index in [2.05, 4.69) is 6.92 Å². The van der Waals surface area contributed by atoms with Crippen molar-refractivity contribution in [3.63, 3.8) is 0 Å². The molecule has 122 valence electrons. The molecule has 3 heteroatoms. The fourth-order valence-corrected chi connectivity index (χ4v) is 2.34. The van der Waals surface area contributed by atoms with Gasteiger partial charge in [-0.2, -0.15) is 0 Å². The van der Waals surface area contributed by atoms with Gasteiger partial charge in [0.25, 0.3) is 5.97 Å². The molecule has 0 spiro atoms. The van der Waals surface area contributed by atoms with Crippen LogP contribution in [-0.4, -0.2) is 24.3 Å². The molecule has 0 saturated heterocycles. The first-order valence-electron chi connectivity index (χ1n) is 8.62. The molecular formula is C17H36O3. The van der Waals surface area contributed by atoms with E-state index in [1.807, 2.05) is 6.92 Å². The summed E-state index contributed by atoms with van der Waals surface area (Å²) in [6.07, 6.45) is 14.5. The summed E-state index contributed by atoms with van der Waals surface area (Å²) in [7, 11) is 0. The highest BCUT2D eigenvalue weighted by Crippen LogP contribution is 2.12. The van der Waals surface area contributed by atoms with Gasteiger partial charge in [0.15, 0.2) is 0 Å². The lowest BCUT2D eigenvalue weighted by Gasteiger charge is -2.22. The van der Waals surface area contributed by atoms with Crippen molar-refractivity contribution in [2.75, 3.05) is 13.2 Å². The third kappa shape index (κ3) is 14.3. The summed E-state index contributed by atoms with van der Waals surface area (Å²) in [6.45, 7) is 6.70. The summed E-state index contributed by atoms with van der Waals surface area (Å²) < 4.78 is 10.3. The van der Waals surface area contributed by atoms with Crippen LogP contribution >= 0.6 is 0 Å². The Hall–Kier alpha value is -0.120. The number of unbranched alkanes of at least 4 members (excludes halogenated alkanes) is 10. The van der Waals surface area contributed by atoms with Crippen LogP contribution in [0.4, 0.5) is 0 Å². The van der Waals surface area contributed by atoms with E-state index in [1.165, 1.54) is 64.2 Å². The molecule has 1 atom stereocenters. The summed E-state index contributed by atoms with van der Waals surface area (Å²) in [5, 5.41) is 9.63. The van der Waals surface area contributed by atoms with Crippen molar-refractivity contribution in [2.24, 2.45) is 0 Å². The van der Waals surface area contributed by atoms with E-state index in [0.717, 1.165) is 6.42 Å². The maximum atomic E-state index is 9.63. The second-order valence-corrected chi connectivity index (χ2v) is 5.71.